The van der Waals surface area contributed by atoms with Gasteiger partial charge in [0.2, 0.25) is 0 Å². The van der Waals surface area contributed by atoms with E-state index in [1.54, 1.807) is 19.3 Å². The second-order valence-electron chi connectivity index (χ2n) is 9.11. The third-order valence-corrected chi connectivity index (χ3v) is 6.77. The van der Waals surface area contributed by atoms with Crippen LogP contribution in [0.15, 0.2) is 35.5 Å². The molecule has 1 aliphatic rings. The van der Waals surface area contributed by atoms with E-state index in [0.29, 0.717) is 58.8 Å². The lowest BCUT2D eigenvalue weighted by molar-refractivity contribution is 0.900. The van der Waals surface area contributed by atoms with Gasteiger partial charge in [0.1, 0.15) is 23.4 Å². The maximum absolute atomic E-state index is 9.75. The van der Waals surface area contributed by atoms with E-state index in [0.717, 1.165) is 30.8 Å². The van der Waals surface area contributed by atoms with Crippen molar-refractivity contribution in [2.75, 3.05) is 47.5 Å². The van der Waals surface area contributed by atoms with E-state index in [2.05, 4.69) is 74.1 Å². The van der Waals surface area contributed by atoms with Crippen molar-refractivity contribution in [1.82, 2.24) is 20.4 Å². The molecule has 3 aromatic rings. The Bertz CT molecular complexity index is 1420. The van der Waals surface area contributed by atoms with Gasteiger partial charge < -0.3 is 26.6 Å². The van der Waals surface area contributed by atoms with E-state index in [9.17, 15) is 5.26 Å². The van der Waals surface area contributed by atoms with Crippen LogP contribution in [-0.4, -0.2) is 59.8 Å². The van der Waals surface area contributed by atoms with Gasteiger partial charge in [-0.3, -0.25) is 21.7 Å². The predicted octanol–water partition coefficient (Wildman–Crippen LogP) is 4.40. The van der Waals surface area contributed by atoms with Crippen LogP contribution in [0.3, 0.4) is 0 Å². The number of nitrogens with zero attached hydrogens (tertiary/aromatic N) is 6. The monoisotopic (exact) mass is 605 g/mol. The number of anilines is 6. The third-order valence-electron chi connectivity index (χ3n) is 6.22. The standard InChI is InChI=1S/C26H32N11P.C2H6.CH6N2/c1-4-16-17(24(28)29)7-6-8-18(16)33-19-11-21(36-25(31-5-2)23(19)30-3)35-22-13-32-26(20(12-27)34-22)37-10-9-15(38)14-37;1-2;1-3-2/h6-8,11,13,15H,3-5,9-10,14,38H2,1-2H3,(H3,28,29)(H3,31,33,34,35,36);1-2H3;3H,2H2,1H3. The lowest BCUT2D eigenvalue weighted by Crippen LogP contribution is -2.22. The summed E-state index contributed by atoms with van der Waals surface area (Å²) in [6.07, 6.45) is 3.32. The Balaban J connectivity index is 0.00000121. The number of hydrogen-bond acceptors (Lipinski definition) is 12. The highest BCUT2D eigenvalue weighted by atomic mass is 31.0. The largest absolute Gasteiger partial charge is 0.384 e. The van der Waals surface area contributed by atoms with Crippen LogP contribution in [0.4, 0.5) is 40.3 Å². The zero-order chi connectivity index (χ0) is 31.9. The first-order valence-electron chi connectivity index (χ1n) is 14.2. The summed E-state index contributed by atoms with van der Waals surface area (Å²) in [6, 6.07) is 9.59. The summed E-state index contributed by atoms with van der Waals surface area (Å²) < 4.78 is 0. The lowest BCUT2D eigenvalue weighted by Gasteiger charge is -2.19. The van der Waals surface area contributed by atoms with Gasteiger partial charge in [0.05, 0.1) is 11.9 Å². The minimum absolute atomic E-state index is 0.00968. The molecule has 9 N–H and O–H groups in total. The maximum Gasteiger partial charge on any atom is 0.185 e. The average molecular weight is 606 g/mol. The van der Waals surface area contributed by atoms with Crippen molar-refractivity contribution in [2.45, 2.75) is 46.2 Å². The van der Waals surface area contributed by atoms with Crippen LogP contribution in [0.5, 0.6) is 0 Å². The van der Waals surface area contributed by atoms with Gasteiger partial charge in [-0.2, -0.15) is 5.26 Å². The number of nitrogens with one attached hydrogen (secondary N) is 5. The molecule has 0 amide bonds. The van der Waals surface area contributed by atoms with Crippen molar-refractivity contribution in [2.24, 2.45) is 16.6 Å². The fourth-order valence-corrected chi connectivity index (χ4v) is 4.89. The number of benzene rings is 1. The molecule has 14 heteroatoms. The van der Waals surface area contributed by atoms with E-state index < -0.39 is 0 Å². The van der Waals surface area contributed by atoms with Gasteiger partial charge in [0.15, 0.2) is 23.1 Å². The van der Waals surface area contributed by atoms with E-state index in [-0.39, 0.29) is 11.5 Å². The first-order chi connectivity index (χ1) is 20.8. The van der Waals surface area contributed by atoms with Crippen LogP contribution in [0, 0.1) is 16.7 Å². The summed E-state index contributed by atoms with van der Waals surface area (Å²) in [7, 11) is 4.48. The number of hydrogen-bond donors (Lipinski definition) is 7. The Kier molecular flexibility index (Phi) is 14.2. The summed E-state index contributed by atoms with van der Waals surface area (Å²) in [5, 5.41) is 27.5. The maximum atomic E-state index is 9.75. The van der Waals surface area contributed by atoms with Crippen LogP contribution in [0.25, 0.3) is 0 Å². The quantitative estimate of drug-likeness (QED) is 0.0567. The fraction of sp³-hybridized carbons (Fsp3) is 0.379. The molecule has 4 rings (SSSR count). The third kappa shape index (κ3) is 9.06. The second-order valence-corrected chi connectivity index (χ2v) is 10.1. The highest BCUT2D eigenvalue weighted by molar-refractivity contribution is 7.17. The zero-order valence-electron chi connectivity index (χ0n) is 25.6. The van der Waals surface area contributed by atoms with Crippen molar-refractivity contribution in [3.63, 3.8) is 0 Å². The number of aromatic nitrogens is 3. The summed E-state index contributed by atoms with van der Waals surface area (Å²) in [4.78, 5) is 20.0. The van der Waals surface area contributed by atoms with E-state index in [1.165, 1.54) is 0 Å². The molecule has 2 aromatic heterocycles. The zero-order valence-corrected chi connectivity index (χ0v) is 26.8. The van der Waals surface area contributed by atoms with Crippen molar-refractivity contribution in [1.29, 1.82) is 10.7 Å². The van der Waals surface area contributed by atoms with Crippen LogP contribution in [0.1, 0.15) is 50.9 Å². The summed E-state index contributed by atoms with van der Waals surface area (Å²) in [5.74, 6) is 6.61. The van der Waals surface area contributed by atoms with Gasteiger partial charge >= 0.3 is 0 Å². The molecule has 0 spiro atoms. The molecule has 230 valence electrons. The van der Waals surface area contributed by atoms with Crippen molar-refractivity contribution >= 4 is 62.1 Å². The van der Waals surface area contributed by atoms with Gasteiger partial charge in [-0.25, -0.2) is 15.0 Å². The van der Waals surface area contributed by atoms with Crippen LogP contribution >= 0.6 is 9.24 Å². The Labute approximate surface area is 256 Å². The SMILES string of the molecule is C=Nc1c(Nc2cccc(C(=N)N)c2CC)cc(Nc2cnc(N3CCC(P)C3)c(C#N)n2)nc1NCC.CC.CNN. The number of rotatable bonds is 10. The number of nitriles is 1. The highest BCUT2D eigenvalue weighted by Crippen LogP contribution is 2.38. The number of nitrogen functional groups attached to an aromatic ring is 1. The molecular weight excluding hydrogens is 561 g/mol. The Morgan fingerprint density at radius 3 is 2.51 bits per heavy atom. The van der Waals surface area contributed by atoms with Crippen LogP contribution in [-0.2, 0) is 6.42 Å². The molecule has 13 nitrogen and oxygen atoms in total. The smallest absolute Gasteiger partial charge is 0.185 e. The Morgan fingerprint density at radius 1 is 1.23 bits per heavy atom. The van der Waals surface area contributed by atoms with Gasteiger partial charge in [0, 0.05) is 37.0 Å². The van der Waals surface area contributed by atoms with Crippen molar-refractivity contribution in [3.8, 4) is 6.07 Å². The molecule has 0 aliphatic carbocycles. The molecular formula is C29H44N13P. The van der Waals surface area contributed by atoms with Gasteiger partial charge in [-0.05, 0) is 50.8 Å². The number of hydrazine groups is 1. The molecule has 1 saturated heterocycles. The van der Waals surface area contributed by atoms with Crippen molar-refractivity contribution < 1.29 is 0 Å². The predicted molar refractivity (Wildman–Crippen MR) is 183 cm³/mol. The second kappa shape index (κ2) is 17.6. The molecule has 2 atom stereocenters. The van der Waals surface area contributed by atoms with Gasteiger partial charge in [-0.1, -0.05) is 32.9 Å². The molecule has 0 radical (unpaired) electrons. The molecule has 43 heavy (non-hydrogen) atoms. The fourth-order valence-electron chi connectivity index (χ4n) is 4.49. The molecule has 0 saturated carbocycles. The van der Waals surface area contributed by atoms with Crippen LogP contribution < -0.4 is 37.9 Å². The van der Waals surface area contributed by atoms with Crippen molar-refractivity contribution in [3.05, 3.63) is 47.3 Å². The molecule has 3 heterocycles. The molecule has 0 bridgehead atoms. The number of pyridine rings is 1. The average Bonchev–Trinajstić information content (AvgIpc) is 3.44. The topological polar surface area (TPSA) is 202 Å². The Hall–Kier alpha value is -4.37. The molecule has 2 unspecified atom stereocenters. The number of amidine groups is 1. The van der Waals surface area contributed by atoms with E-state index in [4.69, 9.17) is 11.1 Å². The van der Waals surface area contributed by atoms with Gasteiger partial charge in [-0.15, -0.1) is 9.24 Å². The Morgan fingerprint density at radius 2 is 1.95 bits per heavy atom. The van der Waals surface area contributed by atoms with Crippen LogP contribution in [0.2, 0.25) is 0 Å². The minimum Gasteiger partial charge on any atom is -0.384 e. The first-order valence-corrected chi connectivity index (χ1v) is 14.9. The minimum atomic E-state index is 0.00968. The normalized spacial score (nSPS) is 13.4. The lowest BCUT2D eigenvalue weighted by atomic mass is 10.0. The highest BCUT2D eigenvalue weighted by Gasteiger charge is 2.23. The number of nitrogens with two attached hydrogens (primary N) is 2. The molecule has 1 fully saturated rings. The summed E-state index contributed by atoms with van der Waals surface area (Å²) in [6.45, 7) is 14.0. The molecule has 1 aromatic carbocycles. The molecule has 1 aliphatic heterocycles. The number of aliphatic imine (C=N–C) groups is 1. The van der Waals surface area contributed by atoms with E-state index >= 15 is 0 Å². The van der Waals surface area contributed by atoms with Gasteiger partial charge in [0.25, 0.3) is 0 Å². The summed E-state index contributed by atoms with van der Waals surface area (Å²) in [5.41, 5.74) is 12.4. The first kappa shape index (κ1) is 34.8. The summed E-state index contributed by atoms with van der Waals surface area (Å²) >= 11 is 0. The van der Waals surface area contributed by atoms with E-state index in [1.807, 2.05) is 45.9 Å².